The van der Waals surface area contributed by atoms with Crippen molar-refractivity contribution in [3.05, 3.63) is 71.8 Å². The van der Waals surface area contributed by atoms with Crippen LogP contribution in [0.4, 0.5) is 11.4 Å². The average molecular weight is 318 g/mol. The lowest BCUT2D eigenvalue weighted by molar-refractivity contribution is 0.912. The highest BCUT2D eigenvalue weighted by molar-refractivity contribution is 7.80. The van der Waals surface area contributed by atoms with Crippen molar-refractivity contribution in [1.29, 1.82) is 0 Å². The summed E-state index contributed by atoms with van der Waals surface area (Å²) in [4.78, 5) is 0. The Bertz CT molecular complexity index is 880. The minimum atomic E-state index is 0.624. The van der Waals surface area contributed by atoms with Crippen molar-refractivity contribution in [3.63, 3.8) is 0 Å². The van der Waals surface area contributed by atoms with Crippen LogP contribution < -0.4 is 10.6 Å². The molecule has 0 fully saturated rings. The van der Waals surface area contributed by atoms with Gasteiger partial charge in [0.05, 0.1) is 0 Å². The first-order valence-corrected chi connectivity index (χ1v) is 8.38. The summed E-state index contributed by atoms with van der Waals surface area (Å²) >= 11 is 5.49. The number of fused-ring (bicyclic) bond motifs is 2. The summed E-state index contributed by atoms with van der Waals surface area (Å²) in [6.07, 6.45) is 3.64. The third kappa shape index (κ3) is 2.92. The van der Waals surface area contributed by atoms with Gasteiger partial charge >= 0.3 is 0 Å². The molecule has 0 bridgehead atoms. The third-order valence-electron chi connectivity index (χ3n) is 4.39. The van der Waals surface area contributed by atoms with Crippen molar-refractivity contribution in [2.24, 2.45) is 0 Å². The number of aryl methyl sites for hydroxylation is 2. The molecule has 3 heteroatoms. The fourth-order valence-corrected chi connectivity index (χ4v) is 3.50. The first-order valence-electron chi connectivity index (χ1n) is 7.97. The lowest BCUT2D eigenvalue weighted by Gasteiger charge is -2.13. The number of anilines is 2. The van der Waals surface area contributed by atoms with Gasteiger partial charge in [0.2, 0.25) is 0 Å². The predicted molar refractivity (Wildman–Crippen MR) is 102 cm³/mol. The van der Waals surface area contributed by atoms with E-state index in [2.05, 4.69) is 53.1 Å². The van der Waals surface area contributed by atoms with E-state index >= 15 is 0 Å². The van der Waals surface area contributed by atoms with Crippen LogP contribution in [0, 0.1) is 0 Å². The molecule has 0 amide bonds. The Labute approximate surface area is 141 Å². The van der Waals surface area contributed by atoms with E-state index in [1.807, 2.05) is 18.2 Å². The molecule has 0 unspecified atom stereocenters. The largest absolute Gasteiger partial charge is 0.332 e. The third-order valence-corrected chi connectivity index (χ3v) is 4.60. The first kappa shape index (κ1) is 14.2. The van der Waals surface area contributed by atoms with Gasteiger partial charge in [-0.05, 0) is 66.2 Å². The number of nitrogens with one attached hydrogen (secondary N) is 2. The van der Waals surface area contributed by atoms with Crippen LogP contribution in [0.25, 0.3) is 10.8 Å². The van der Waals surface area contributed by atoms with Gasteiger partial charge in [-0.15, -0.1) is 0 Å². The van der Waals surface area contributed by atoms with Crippen LogP contribution in [0.1, 0.15) is 17.5 Å². The molecular formula is C20H18N2S. The lowest BCUT2D eigenvalue weighted by atomic mass is 10.1. The van der Waals surface area contributed by atoms with Crippen molar-refractivity contribution < 1.29 is 0 Å². The topological polar surface area (TPSA) is 24.1 Å². The van der Waals surface area contributed by atoms with Crippen LogP contribution in [0.3, 0.4) is 0 Å². The first-order chi connectivity index (χ1) is 11.3. The molecule has 3 aromatic rings. The number of thiocarbonyl (C=S) groups is 1. The van der Waals surface area contributed by atoms with E-state index in [1.165, 1.54) is 41.2 Å². The Hall–Kier alpha value is -2.39. The number of hydrogen-bond acceptors (Lipinski definition) is 1. The molecule has 0 saturated heterocycles. The van der Waals surface area contributed by atoms with E-state index in [0.29, 0.717) is 5.11 Å². The van der Waals surface area contributed by atoms with E-state index < -0.39 is 0 Å². The molecule has 2 N–H and O–H groups in total. The molecule has 0 aliphatic heterocycles. The van der Waals surface area contributed by atoms with Gasteiger partial charge in [0, 0.05) is 16.8 Å². The highest BCUT2D eigenvalue weighted by atomic mass is 32.1. The van der Waals surface area contributed by atoms with Crippen LogP contribution in [0.5, 0.6) is 0 Å². The number of rotatable bonds is 2. The highest BCUT2D eigenvalue weighted by Gasteiger charge is 2.11. The molecule has 114 valence electrons. The summed E-state index contributed by atoms with van der Waals surface area (Å²) in [5, 5.41) is 9.63. The lowest BCUT2D eigenvalue weighted by Crippen LogP contribution is -2.19. The zero-order valence-corrected chi connectivity index (χ0v) is 13.6. The van der Waals surface area contributed by atoms with Gasteiger partial charge in [-0.2, -0.15) is 0 Å². The van der Waals surface area contributed by atoms with E-state index in [9.17, 15) is 0 Å². The highest BCUT2D eigenvalue weighted by Crippen LogP contribution is 2.26. The zero-order chi connectivity index (χ0) is 15.6. The van der Waals surface area contributed by atoms with Crippen molar-refractivity contribution in [2.45, 2.75) is 19.3 Å². The molecule has 0 saturated carbocycles. The molecule has 0 spiro atoms. The van der Waals surface area contributed by atoms with Gasteiger partial charge in [0.15, 0.2) is 5.11 Å². The second-order valence-corrected chi connectivity index (χ2v) is 6.35. The average Bonchev–Trinajstić information content (AvgIpc) is 3.03. The van der Waals surface area contributed by atoms with Crippen LogP contribution in [0.15, 0.2) is 60.7 Å². The Kier molecular flexibility index (Phi) is 3.72. The van der Waals surface area contributed by atoms with Gasteiger partial charge in [-0.1, -0.05) is 42.5 Å². The summed E-state index contributed by atoms with van der Waals surface area (Å²) in [7, 11) is 0. The fraction of sp³-hybridized carbons (Fsp3) is 0.150. The number of hydrogen-bond donors (Lipinski definition) is 2. The molecule has 0 heterocycles. The van der Waals surface area contributed by atoms with Crippen molar-refractivity contribution >= 4 is 39.5 Å². The zero-order valence-electron chi connectivity index (χ0n) is 12.8. The maximum absolute atomic E-state index is 5.49. The Balaban J connectivity index is 1.53. The predicted octanol–water partition coefficient (Wildman–Crippen LogP) is 5.14. The Morgan fingerprint density at radius 2 is 1.65 bits per heavy atom. The van der Waals surface area contributed by atoms with Gasteiger partial charge in [-0.25, -0.2) is 0 Å². The van der Waals surface area contributed by atoms with E-state index in [4.69, 9.17) is 12.2 Å². The molecule has 0 atom stereocenters. The summed E-state index contributed by atoms with van der Waals surface area (Å²) in [5.74, 6) is 0. The van der Waals surface area contributed by atoms with Crippen molar-refractivity contribution in [1.82, 2.24) is 0 Å². The van der Waals surface area contributed by atoms with Crippen LogP contribution in [-0.4, -0.2) is 5.11 Å². The molecule has 0 aromatic heterocycles. The molecule has 3 aromatic carbocycles. The van der Waals surface area contributed by atoms with E-state index in [0.717, 1.165) is 11.4 Å². The second-order valence-electron chi connectivity index (χ2n) is 5.94. The van der Waals surface area contributed by atoms with Gasteiger partial charge < -0.3 is 10.6 Å². The molecule has 2 nitrogen and oxygen atoms in total. The summed E-state index contributed by atoms with van der Waals surface area (Å²) in [6, 6.07) is 21.1. The molecule has 0 radical (unpaired) electrons. The van der Waals surface area contributed by atoms with Gasteiger partial charge in [0.1, 0.15) is 0 Å². The Morgan fingerprint density at radius 3 is 2.61 bits per heavy atom. The molecule has 1 aliphatic carbocycles. The normalized spacial score (nSPS) is 12.9. The standard InChI is InChI=1S/C20H18N2S/c23-20(21-17-12-11-14-6-3-8-16(14)13-17)22-19-10-4-7-15-5-1-2-9-18(15)19/h1-2,4-5,7,9-13H,3,6,8H2,(H2,21,22,23). The monoisotopic (exact) mass is 318 g/mol. The molecule has 4 rings (SSSR count). The van der Waals surface area contributed by atoms with Crippen LogP contribution >= 0.6 is 12.2 Å². The number of benzene rings is 3. The molecule has 1 aliphatic rings. The molecule has 23 heavy (non-hydrogen) atoms. The summed E-state index contributed by atoms with van der Waals surface area (Å²) in [5.41, 5.74) is 5.01. The second kappa shape index (κ2) is 6.01. The van der Waals surface area contributed by atoms with E-state index in [1.54, 1.807) is 0 Å². The van der Waals surface area contributed by atoms with Gasteiger partial charge in [0.25, 0.3) is 0 Å². The van der Waals surface area contributed by atoms with Crippen molar-refractivity contribution in [2.75, 3.05) is 10.6 Å². The fourth-order valence-electron chi connectivity index (χ4n) is 3.27. The molecular weight excluding hydrogens is 300 g/mol. The smallest absolute Gasteiger partial charge is 0.175 e. The van der Waals surface area contributed by atoms with Crippen LogP contribution in [-0.2, 0) is 12.8 Å². The Morgan fingerprint density at radius 1 is 0.826 bits per heavy atom. The van der Waals surface area contributed by atoms with Crippen LogP contribution in [0.2, 0.25) is 0 Å². The maximum atomic E-state index is 5.49. The quantitative estimate of drug-likeness (QED) is 0.640. The SMILES string of the molecule is S=C(Nc1ccc2c(c1)CCC2)Nc1cccc2ccccc12. The summed E-state index contributed by atoms with van der Waals surface area (Å²) < 4.78 is 0. The minimum Gasteiger partial charge on any atom is -0.332 e. The van der Waals surface area contributed by atoms with Gasteiger partial charge in [-0.3, -0.25) is 0 Å². The van der Waals surface area contributed by atoms with E-state index in [-0.39, 0.29) is 0 Å². The van der Waals surface area contributed by atoms with Crippen molar-refractivity contribution in [3.8, 4) is 0 Å². The summed E-state index contributed by atoms with van der Waals surface area (Å²) in [6.45, 7) is 0. The minimum absolute atomic E-state index is 0.624. The maximum Gasteiger partial charge on any atom is 0.175 e.